The molecule has 2 aliphatic heterocycles. The SMILES string of the molecule is O=C(O)CC1CCN(C(=O)NC2CCCNC2=O)C1. The van der Waals surface area contributed by atoms with Gasteiger partial charge in [-0.15, -0.1) is 0 Å². The molecular formula is C12H19N3O4. The molecule has 19 heavy (non-hydrogen) atoms. The van der Waals surface area contributed by atoms with Crippen molar-refractivity contribution in [3.8, 4) is 0 Å². The third-order valence-corrected chi connectivity index (χ3v) is 3.62. The van der Waals surface area contributed by atoms with Crippen LogP contribution in [0.15, 0.2) is 0 Å². The van der Waals surface area contributed by atoms with Crippen LogP contribution in [-0.4, -0.2) is 53.6 Å². The quantitative estimate of drug-likeness (QED) is 0.659. The lowest BCUT2D eigenvalue weighted by atomic mass is 10.1. The summed E-state index contributed by atoms with van der Waals surface area (Å²) in [5.74, 6) is -0.955. The summed E-state index contributed by atoms with van der Waals surface area (Å²) in [7, 11) is 0. The molecule has 2 fully saturated rings. The number of likely N-dealkylation sites (tertiary alicyclic amines) is 1. The van der Waals surface area contributed by atoms with Crippen molar-refractivity contribution in [2.24, 2.45) is 5.92 Å². The minimum Gasteiger partial charge on any atom is -0.481 e. The molecule has 2 unspecified atom stereocenters. The number of piperidine rings is 1. The van der Waals surface area contributed by atoms with Crippen LogP contribution in [0.1, 0.15) is 25.7 Å². The number of aliphatic carboxylic acids is 1. The molecule has 0 saturated carbocycles. The summed E-state index contributed by atoms with van der Waals surface area (Å²) in [5.41, 5.74) is 0. The second kappa shape index (κ2) is 5.90. The third kappa shape index (κ3) is 3.59. The van der Waals surface area contributed by atoms with Gasteiger partial charge in [0, 0.05) is 26.1 Å². The van der Waals surface area contributed by atoms with Crippen LogP contribution in [0.25, 0.3) is 0 Å². The van der Waals surface area contributed by atoms with Crippen molar-refractivity contribution >= 4 is 17.9 Å². The van der Waals surface area contributed by atoms with E-state index in [0.717, 1.165) is 6.42 Å². The second-order valence-electron chi connectivity index (χ2n) is 5.13. The average Bonchev–Trinajstić information content (AvgIpc) is 2.79. The number of hydrogen-bond donors (Lipinski definition) is 3. The molecule has 3 N–H and O–H groups in total. The Bertz CT molecular complexity index is 385. The fourth-order valence-electron chi connectivity index (χ4n) is 2.58. The highest BCUT2D eigenvalue weighted by Gasteiger charge is 2.30. The van der Waals surface area contributed by atoms with E-state index in [1.165, 1.54) is 0 Å². The highest BCUT2D eigenvalue weighted by Crippen LogP contribution is 2.19. The van der Waals surface area contributed by atoms with Crippen LogP contribution >= 0.6 is 0 Å². The highest BCUT2D eigenvalue weighted by atomic mass is 16.4. The number of carbonyl (C=O) groups is 3. The summed E-state index contributed by atoms with van der Waals surface area (Å²) in [6.07, 6.45) is 2.31. The summed E-state index contributed by atoms with van der Waals surface area (Å²) in [5, 5.41) is 14.1. The number of amides is 3. The summed E-state index contributed by atoms with van der Waals surface area (Å²) in [6, 6.07) is -0.727. The zero-order chi connectivity index (χ0) is 13.8. The minimum atomic E-state index is -0.834. The lowest BCUT2D eigenvalue weighted by Gasteiger charge is -2.25. The minimum absolute atomic E-state index is 0.0171. The third-order valence-electron chi connectivity index (χ3n) is 3.62. The number of carbonyl (C=O) groups excluding carboxylic acids is 2. The van der Waals surface area contributed by atoms with Crippen molar-refractivity contribution in [1.82, 2.24) is 15.5 Å². The van der Waals surface area contributed by atoms with E-state index >= 15 is 0 Å². The van der Waals surface area contributed by atoms with Gasteiger partial charge >= 0.3 is 12.0 Å². The van der Waals surface area contributed by atoms with Gasteiger partial charge in [0.25, 0.3) is 0 Å². The second-order valence-corrected chi connectivity index (χ2v) is 5.13. The molecule has 2 aliphatic rings. The lowest BCUT2D eigenvalue weighted by molar-refractivity contribution is -0.138. The van der Waals surface area contributed by atoms with Gasteiger partial charge in [0.2, 0.25) is 5.91 Å². The van der Waals surface area contributed by atoms with Crippen LogP contribution in [0.5, 0.6) is 0 Å². The molecule has 2 saturated heterocycles. The number of carboxylic acid groups (broad SMARTS) is 1. The first-order valence-electron chi connectivity index (χ1n) is 6.61. The van der Waals surface area contributed by atoms with Gasteiger partial charge in [-0.25, -0.2) is 4.79 Å². The fourth-order valence-corrected chi connectivity index (χ4v) is 2.58. The summed E-state index contributed by atoms with van der Waals surface area (Å²) >= 11 is 0. The Morgan fingerprint density at radius 3 is 2.89 bits per heavy atom. The molecule has 106 valence electrons. The lowest BCUT2D eigenvalue weighted by Crippen LogP contribution is -2.53. The maximum absolute atomic E-state index is 12.0. The summed E-state index contributed by atoms with van der Waals surface area (Å²) in [6.45, 7) is 1.67. The predicted octanol–water partition coefficient (Wildman–Crippen LogP) is -0.229. The van der Waals surface area contributed by atoms with Crippen molar-refractivity contribution < 1.29 is 19.5 Å². The monoisotopic (exact) mass is 269 g/mol. The number of urea groups is 1. The number of nitrogens with zero attached hydrogens (tertiary/aromatic N) is 1. The van der Waals surface area contributed by atoms with E-state index in [2.05, 4.69) is 10.6 Å². The van der Waals surface area contributed by atoms with Crippen molar-refractivity contribution in [3.63, 3.8) is 0 Å². The van der Waals surface area contributed by atoms with E-state index < -0.39 is 12.0 Å². The van der Waals surface area contributed by atoms with E-state index in [0.29, 0.717) is 32.5 Å². The first kappa shape index (κ1) is 13.6. The van der Waals surface area contributed by atoms with Crippen molar-refractivity contribution in [3.05, 3.63) is 0 Å². The van der Waals surface area contributed by atoms with Gasteiger partial charge in [0.1, 0.15) is 6.04 Å². The molecule has 7 nitrogen and oxygen atoms in total. The smallest absolute Gasteiger partial charge is 0.318 e. The van der Waals surface area contributed by atoms with E-state index in [1.54, 1.807) is 4.90 Å². The molecule has 0 spiro atoms. The normalized spacial score (nSPS) is 26.9. The van der Waals surface area contributed by atoms with Gasteiger partial charge in [0.15, 0.2) is 0 Å². The maximum Gasteiger partial charge on any atom is 0.318 e. The molecule has 3 amide bonds. The van der Waals surface area contributed by atoms with E-state index in [-0.39, 0.29) is 24.3 Å². The van der Waals surface area contributed by atoms with Crippen LogP contribution in [0, 0.1) is 5.92 Å². The molecule has 0 bridgehead atoms. The molecule has 2 heterocycles. The van der Waals surface area contributed by atoms with Crippen LogP contribution in [-0.2, 0) is 9.59 Å². The van der Waals surface area contributed by atoms with Gasteiger partial charge in [-0.1, -0.05) is 0 Å². The van der Waals surface area contributed by atoms with Crippen LogP contribution in [0.2, 0.25) is 0 Å². The first-order chi connectivity index (χ1) is 9.06. The Labute approximate surface area is 111 Å². The summed E-state index contributed by atoms with van der Waals surface area (Å²) in [4.78, 5) is 35.7. The zero-order valence-corrected chi connectivity index (χ0v) is 10.7. The highest BCUT2D eigenvalue weighted by molar-refractivity contribution is 5.87. The fraction of sp³-hybridized carbons (Fsp3) is 0.750. The van der Waals surface area contributed by atoms with Gasteiger partial charge in [-0.3, -0.25) is 9.59 Å². The topological polar surface area (TPSA) is 98.7 Å². The summed E-state index contributed by atoms with van der Waals surface area (Å²) < 4.78 is 0. The molecule has 0 aromatic rings. The van der Waals surface area contributed by atoms with Crippen LogP contribution in [0.3, 0.4) is 0 Å². The number of carboxylic acids is 1. The molecule has 2 atom stereocenters. The Hall–Kier alpha value is -1.79. The Morgan fingerprint density at radius 2 is 2.21 bits per heavy atom. The number of rotatable bonds is 3. The molecule has 2 rings (SSSR count). The van der Waals surface area contributed by atoms with E-state index in [1.807, 2.05) is 0 Å². The predicted molar refractivity (Wildman–Crippen MR) is 66.5 cm³/mol. The molecule has 0 aliphatic carbocycles. The average molecular weight is 269 g/mol. The van der Waals surface area contributed by atoms with Gasteiger partial charge in [-0.2, -0.15) is 0 Å². The molecule has 0 aromatic heterocycles. The van der Waals surface area contributed by atoms with Crippen molar-refractivity contribution in [2.45, 2.75) is 31.7 Å². The molecule has 7 heteroatoms. The number of nitrogens with one attached hydrogen (secondary N) is 2. The van der Waals surface area contributed by atoms with Gasteiger partial charge in [-0.05, 0) is 25.2 Å². The molecular weight excluding hydrogens is 250 g/mol. The Kier molecular flexibility index (Phi) is 4.24. The van der Waals surface area contributed by atoms with Crippen molar-refractivity contribution in [2.75, 3.05) is 19.6 Å². The Balaban J connectivity index is 1.80. The Morgan fingerprint density at radius 1 is 1.42 bits per heavy atom. The van der Waals surface area contributed by atoms with Crippen LogP contribution in [0.4, 0.5) is 4.79 Å². The largest absolute Gasteiger partial charge is 0.481 e. The first-order valence-corrected chi connectivity index (χ1v) is 6.61. The van der Waals surface area contributed by atoms with E-state index in [4.69, 9.17) is 5.11 Å². The number of hydrogen-bond acceptors (Lipinski definition) is 3. The zero-order valence-electron chi connectivity index (χ0n) is 10.7. The standard InChI is InChI=1S/C12H19N3O4/c16-10(17)6-8-3-5-15(7-8)12(19)14-9-2-1-4-13-11(9)18/h8-9H,1-7H2,(H,13,18)(H,14,19)(H,16,17). The molecule has 0 aromatic carbocycles. The molecule has 0 radical (unpaired) electrons. The van der Waals surface area contributed by atoms with Gasteiger partial charge in [0.05, 0.1) is 0 Å². The van der Waals surface area contributed by atoms with Gasteiger partial charge < -0.3 is 20.6 Å². The van der Waals surface area contributed by atoms with Crippen LogP contribution < -0.4 is 10.6 Å². The van der Waals surface area contributed by atoms with E-state index in [9.17, 15) is 14.4 Å². The maximum atomic E-state index is 12.0. The van der Waals surface area contributed by atoms with Crippen molar-refractivity contribution in [1.29, 1.82) is 0 Å².